The molecule has 1 aromatic rings. The van der Waals surface area contributed by atoms with Crippen molar-refractivity contribution in [3.63, 3.8) is 0 Å². The van der Waals surface area contributed by atoms with E-state index in [9.17, 15) is 14.7 Å². The van der Waals surface area contributed by atoms with Gasteiger partial charge in [0.15, 0.2) is 0 Å². The number of nitrogens with one attached hydrogen (secondary N) is 1. The van der Waals surface area contributed by atoms with Crippen LogP contribution in [0.4, 0.5) is 4.79 Å². The first-order valence-corrected chi connectivity index (χ1v) is 11.0. The van der Waals surface area contributed by atoms with Gasteiger partial charge in [-0.3, -0.25) is 9.69 Å². The number of fused-ring (bicyclic) bond motifs is 1. The number of carbonyl (C=O) groups is 2. The lowest BCUT2D eigenvalue weighted by Gasteiger charge is -2.37. The normalized spacial score (nSPS) is 28.9. The van der Waals surface area contributed by atoms with Crippen LogP contribution in [0.2, 0.25) is 0 Å². The van der Waals surface area contributed by atoms with E-state index >= 15 is 0 Å². The molecule has 2 heterocycles. The highest BCUT2D eigenvalue weighted by Crippen LogP contribution is 2.48. The molecular formula is C23H33N3O3. The quantitative estimate of drug-likeness (QED) is 0.796. The highest BCUT2D eigenvalue weighted by Gasteiger charge is 2.55. The maximum atomic E-state index is 12.9. The molecule has 0 radical (unpaired) electrons. The van der Waals surface area contributed by atoms with Crippen LogP contribution in [-0.4, -0.2) is 59.6 Å². The second-order valence-corrected chi connectivity index (χ2v) is 9.26. The van der Waals surface area contributed by atoms with Crippen molar-refractivity contribution in [2.75, 3.05) is 32.7 Å². The lowest BCUT2D eigenvalue weighted by Crippen LogP contribution is -2.46. The van der Waals surface area contributed by atoms with Crippen LogP contribution >= 0.6 is 0 Å². The van der Waals surface area contributed by atoms with E-state index < -0.39 is 11.4 Å². The van der Waals surface area contributed by atoms with Crippen molar-refractivity contribution in [2.45, 2.75) is 45.1 Å². The van der Waals surface area contributed by atoms with E-state index in [2.05, 4.69) is 41.4 Å². The Hall–Kier alpha value is -2.08. The Morgan fingerprint density at radius 2 is 1.93 bits per heavy atom. The van der Waals surface area contributed by atoms with Crippen molar-refractivity contribution >= 4 is 12.0 Å². The number of benzene rings is 1. The number of amides is 2. The van der Waals surface area contributed by atoms with Crippen LogP contribution in [0.1, 0.15) is 50.6 Å². The number of nitrogens with zero attached hydrogens (tertiary/aromatic N) is 2. The molecule has 6 nitrogen and oxygen atoms in total. The van der Waals surface area contributed by atoms with E-state index in [1.807, 2.05) is 6.07 Å². The number of carboxylic acid groups (broad SMARTS) is 1. The zero-order valence-electron chi connectivity index (χ0n) is 17.3. The first-order valence-electron chi connectivity index (χ1n) is 11.0. The summed E-state index contributed by atoms with van der Waals surface area (Å²) in [4.78, 5) is 29.0. The van der Waals surface area contributed by atoms with Gasteiger partial charge in [0.25, 0.3) is 0 Å². The van der Waals surface area contributed by atoms with Gasteiger partial charge in [0.1, 0.15) is 0 Å². The fraction of sp³-hybridized carbons (Fsp3) is 0.652. The van der Waals surface area contributed by atoms with Gasteiger partial charge in [-0.25, -0.2) is 4.79 Å². The van der Waals surface area contributed by atoms with E-state index in [-0.39, 0.29) is 18.0 Å². The summed E-state index contributed by atoms with van der Waals surface area (Å²) >= 11 is 0. The molecule has 2 saturated heterocycles. The molecule has 1 aromatic carbocycles. The molecule has 158 valence electrons. The molecular weight excluding hydrogens is 366 g/mol. The van der Waals surface area contributed by atoms with Gasteiger partial charge in [-0.15, -0.1) is 0 Å². The second-order valence-electron chi connectivity index (χ2n) is 9.26. The third-order valence-electron chi connectivity index (χ3n) is 7.47. The van der Waals surface area contributed by atoms with Gasteiger partial charge < -0.3 is 15.3 Å². The molecule has 2 amide bonds. The minimum absolute atomic E-state index is 0.0965. The standard InChI is InChI=1S/C23H33N3O3/c1-17-9-12-25(13-10-17)20(18-6-3-2-4-7-18)14-24-22(29)26-15-19-8-5-11-23(19,16-26)21(27)28/h2-4,6-7,17,19-20H,5,8-16H2,1H3,(H,24,29)(H,27,28)/t19-,20?,23+/m0/s1. The molecule has 2 aliphatic heterocycles. The number of hydrogen-bond donors (Lipinski definition) is 2. The summed E-state index contributed by atoms with van der Waals surface area (Å²) in [6, 6.07) is 10.4. The Morgan fingerprint density at radius 1 is 1.21 bits per heavy atom. The van der Waals surface area contributed by atoms with Crippen LogP contribution in [-0.2, 0) is 4.79 Å². The van der Waals surface area contributed by atoms with Gasteiger partial charge >= 0.3 is 12.0 Å². The van der Waals surface area contributed by atoms with E-state index in [1.165, 1.54) is 18.4 Å². The smallest absolute Gasteiger partial charge is 0.317 e. The number of hydrogen-bond acceptors (Lipinski definition) is 3. The minimum Gasteiger partial charge on any atom is -0.481 e. The number of rotatable bonds is 5. The molecule has 2 N–H and O–H groups in total. The van der Waals surface area contributed by atoms with Crippen molar-refractivity contribution in [2.24, 2.45) is 17.3 Å². The summed E-state index contributed by atoms with van der Waals surface area (Å²) in [5.41, 5.74) is 0.502. The Balaban J connectivity index is 1.41. The largest absolute Gasteiger partial charge is 0.481 e. The zero-order valence-corrected chi connectivity index (χ0v) is 17.3. The summed E-state index contributed by atoms with van der Waals surface area (Å²) in [5.74, 6) is 0.118. The molecule has 1 saturated carbocycles. The van der Waals surface area contributed by atoms with Gasteiger partial charge in [0, 0.05) is 19.6 Å². The van der Waals surface area contributed by atoms with Crippen LogP contribution < -0.4 is 5.32 Å². The number of urea groups is 1. The van der Waals surface area contributed by atoms with Crippen LogP contribution in [0, 0.1) is 17.3 Å². The first-order chi connectivity index (χ1) is 14.0. The Kier molecular flexibility index (Phi) is 5.81. The van der Waals surface area contributed by atoms with Crippen molar-refractivity contribution in [1.82, 2.24) is 15.1 Å². The monoisotopic (exact) mass is 399 g/mol. The third-order valence-corrected chi connectivity index (χ3v) is 7.47. The highest BCUT2D eigenvalue weighted by molar-refractivity contribution is 5.80. The van der Waals surface area contributed by atoms with Crippen molar-refractivity contribution in [3.8, 4) is 0 Å². The molecule has 3 fully saturated rings. The minimum atomic E-state index is -0.736. The molecule has 3 atom stereocenters. The molecule has 0 spiro atoms. The van der Waals surface area contributed by atoms with Gasteiger partial charge in [-0.1, -0.05) is 43.7 Å². The fourth-order valence-corrected chi connectivity index (χ4v) is 5.56. The molecule has 1 aliphatic carbocycles. The molecule has 1 unspecified atom stereocenters. The summed E-state index contributed by atoms with van der Waals surface area (Å²) in [6.07, 6.45) is 4.93. The lowest BCUT2D eigenvalue weighted by atomic mass is 9.81. The summed E-state index contributed by atoms with van der Waals surface area (Å²) in [7, 11) is 0. The zero-order chi connectivity index (χ0) is 20.4. The maximum absolute atomic E-state index is 12.9. The summed E-state index contributed by atoms with van der Waals surface area (Å²) in [6.45, 7) is 5.86. The van der Waals surface area contributed by atoms with E-state index in [0.717, 1.165) is 31.8 Å². The molecule has 3 aliphatic rings. The summed E-state index contributed by atoms with van der Waals surface area (Å²) < 4.78 is 0. The van der Waals surface area contributed by atoms with Crippen LogP contribution in [0.25, 0.3) is 0 Å². The number of piperidine rings is 1. The second kappa shape index (κ2) is 8.34. The number of aliphatic carboxylic acids is 1. The molecule has 0 bridgehead atoms. The Labute approximate surface area is 173 Å². The molecule has 6 heteroatoms. The van der Waals surface area contributed by atoms with Gasteiger partial charge in [-0.2, -0.15) is 0 Å². The predicted octanol–water partition coefficient (Wildman–Crippen LogP) is 3.36. The topological polar surface area (TPSA) is 72.9 Å². The maximum Gasteiger partial charge on any atom is 0.317 e. The molecule has 0 aromatic heterocycles. The van der Waals surface area contributed by atoms with Crippen molar-refractivity contribution in [1.29, 1.82) is 0 Å². The highest BCUT2D eigenvalue weighted by atomic mass is 16.4. The third kappa shape index (κ3) is 4.00. The van der Waals surface area contributed by atoms with Gasteiger partial charge in [0.2, 0.25) is 0 Å². The van der Waals surface area contributed by atoms with Crippen molar-refractivity contribution < 1.29 is 14.7 Å². The summed E-state index contributed by atoms with van der Waals surface area (Å²) in [5, 5.41) is 12.9. The number of carboxylic acids is 1. The van der Waals surface area contributed by atoms with Crippen molar-refractivity contribution in [3.05, 3.63) is 35.9 Å². The van der Waals surface area contributed by atoms with Crippen LogP contribution in [0.3, 0.4) is 0 Å². The average molecular weight is 400 g/mol. The molecule has 29 heavy (non-hydrogen) atoms. The van der Waals surface area contributed by atoms with Gasteiger partial charge in [-0.05, 0) is 56.2 Å². The Bertz CT molecular complexity index is 732. The van der Waals surface area contributed by atoms with Crippen LogP contribution in [0.5, 0.6) is 0 Å². The van der Waals surface area contributed by atoms with Crippen LogP contribution in [0.15, 0.2) is 30.3 Å². The van der Waals surface area contributed by atoms with E-state index in [4.69, 9.17) is 0 Å². The van der Waals surface area contributed by atoms with E-state index in [0.29, 0.717) is 26.1 Å². The Morgan fingerprint density at radius 3 is 2.59 bits per heavy atom. The predicted molar refractivity (Wildman–Crippen MR) is 112 cm³/mol. The number of likely N-dealkylation sites (tertiary alicyclic amines) is 2. The number of carbonyl (C=O) groups excluding carboxylic acids is 1. The SMILES string of the molecule is CC1CCN(C(CNC(=O)N2C[C@@H]3CCC[C@@]3(C(=O)O)C2)c2ccccc2)CC1. The molecule has 4 rings (SSSR count). The van der Waals surface area contributed by atoms with E-state index in [1.54, 1.807) is 4.90 Å². The fourth-order valence-electron chi connectivity index (χ4n) is 5.56. The van der Waals surface area contributed by atoms with Gasteiger partial charge in [0.05, 0.1) is 11.5 Å². The average Bonchev–Trinajstić information content (AvgIpc) is 3.29. The lowest BCUT2D eigenvalue weighted by molar-refractivity contribution is -0.149. The first kappa shape index (κ1) is 20.2.